The molecule has 0 aliphatic carbocycles. The Bertz CT molecular complexity index is 924. The standard InChI is InChI=1S/C21H21FN4O/c1-14-3-5-16(6-4-14)13-24-21-25-15(2)11-19(26-21)20(27)23-12-17-7-9-18(22)10-8-17/h3-11H,12-13H2,1-2H3,(H,23,27)(H,24,25,26). The molecule has 0 fully saturated rings. The van der Waals surface area contributed by atoms with E-state index in [1.165, 1.54) is 17.7 Å². The van der Waals surface area contributed by atoms with E-state index in [1.807, 2.05) is 38.1 Å². The lowest BCUT2D eigenvalue weighted by atomic mass is 10.1. The smallest absolute Gasteiger partial charge is 0.270 e. The number of aryl methyl sites for hydroxylation is 2. The molecule has 2 aromatic carbocycles. The number of nitrogens with zero attached hydrogens (tertiary/aromatic N) is 2. The first kappa shape index (κ1) is 18.5. The summed E-state index contributed by atoms with van der Waals surface area (Å²) >= 11 is 0. The van der Waals surface area contributed by atoms with Gasteiger partial charge in [0.15, 0.2) is 0 Å². The Hall–Kier alpha value is -3.28. The Morgan fingerprint density at radius 2 is 1.56 bits per heavy atom. The van der Waals surface area contributed by atoms with E-state index >= 15 is 0 Å². The van der Waals surface area contributed by atoms with E-state index in [4.69, 9.17) is 0 Å². The van der Waals surface area contributed by atoms with Crippen LogP contribution in [0.25, 0.3) is 0 Å². The number of rotatable bonds is 6. The summed E-state index contributed by atoms with van der Waals surface area (Å²) in [5, 5.41) is 5.94. The molecule has 1 heterocycles. The molecule has 0 saturated heterocycles. The number of benzene rings is 2. The lowest BCUT2D eigenvalue weighted by molar-refractivity contribution is 0.0945. The molecule has 0 saturated carbocycles. The number of carbonyl (C=O) groups excluding carboxylic acids is 1. The normalized spacial score (nSPS) is 10.5. The van der Waals surface area contributed by atoms with Crippen LogP contribution in [0.3, 0.4) is 0 Å². The van der Waals surface area contributed by atoms with Gasteiger partial charge in [-0.2, -0.15) is 0 Å². The second-order valence-corrected chi connectivity index (χ2v) is 6.37. The van der Waals surface area contributed by atoms with E-state index in [0.29, 0.717) is 24.7 Å². The number of halogens is 1. The third-order valence-corrected chi connectivity index (χ3v) is 4.02. The van der Waals surface area contributed by atoms with Gasteiger partial charge in [-0.05, 0) is 43.2 Å². The highest BCUT2D eigenvalue weighted by Crippen LogP contribution is 2.09. The molecule has 0 atom stereocenters. The minimum absolute atomic E-state index is 0.288. The largest absolute Gasteiger partial charge is 0.350 e. The van der Waals surface area contributed by atoms with Gasteiger partial charge in [-0.15, -0.1) is 0 Å². The van der Waals surface area contributed by atoms with Crippen LogP contribution < -0.4 is 10.6 Å². The van der Waals surface area contributed by atoms with Gasteiger partial charge in [-0.1, -0.05) is 42.0 Å². The zero-order valence-electron chi connectivity index (χ0n) is 15.3. The summed E-state index contributed by atoms with van der Waals surface area (Å²) in [6.45, 7) is 4.72. The van der Waals surface area contributed by atoms with Gasteiger partial charge in [-0.25, -0.2) is 14.4 Å². The summed E-state index contributed by atoms with van der Waals surface area (Å²) in [5.41, 5.74) is 4.10. The van der Waals surface area contributed by atoms with Crippen molar-refractivity contribution in [3.63, 3.8) is 0 Å². The van der Waals surface area contributed by atoms with Crippen molar-refractivity contribution in [3.8, 4) is 0 Å². The molecule has 1 aromatic heterocycles. The predicted molar refractivity (Wildman–Crippen MR) is 103 cm³/mol. The van der Waals surface area contributed by atoms with Crippen LogP contribution >= 0.6 is 0 Å². The molecule has 3 aromatic rings. The average Bonchev–Trinajstić information content (AvgIpc) is 2.66. The van der Waals surface area contributed by atoms with E-state index < -0.39 is 0 Å². The molecule has 5 nitrogen and oxygen atoms in total. The summed E-state index contributed by atoms with van der Waals surface area (Å²) in [5.74, 6) is -0.202. The molecule has 27 heavy (non-hydrogen) atoms. The molecule has 0 aliphatic heterocycles. The van der Waals surface area contributed by atoms with Crippen LogP contribution in [0.5, 0.6) is 0 Å². The second-order valence-electron chi connectivity index (χ2n) is 6.37. The van der Waals surface area contributed by atoms with Gasteiger partial charge >= 0.3 is 0 Å². The lowest BCUT2D eigenvalue weighted by Crippen LogP contribution is -2.24. The van der Waals surface area contributed by atoms with Gasteiger partial charge in [0, 0.05) is 18.8 Å². The van der Waals surface area contributed by atoms with E-state index in [0.717, 1.165) is 11.1 Å². The first-order valence-electron chi connectivity index (χ1n) is 8.67. The molecule has 1 amide bonds. The van der Waals surface area contributed by atoms with Gasteiger partial charge in [0.25, 0.3) is 5.91 Å². The summed E-state index contributed by atoms with van der Waals surface area (Å²) in [6.07, 6.45) is 0. The average molecular weight is 364 g/mol. The Balaban J connectivity index is 1.63. The second kappa shape index (κ2) is 8.40. The zero-order valence-corrected chi connectivity index (χ0v) is 15.3. The number of amides is 1. The number of hydrogen-bond acceptors (Lipinski definition) is 4. The summed E-state index contributed by atoms with van der Waals surface area (Å²) in [7, 11) is 0. The Kier molecular flexibility index (Phi) is 5.76. The molecule has 6 heteroatoms. The van der Waals surface area contributed by atoms with E-state index in [-0.39, 0.29) is 17.4 Å². The molecule has 138 valence electrons. The van der Waals surface area contributed by atoms with Gasteiger partial charge in [0.2, 0.25) is 5.95 Å². The maximum atomic E-state index is 12.9. The van der Waals surface area contributed by atoms with E-state index in [2.05, 4.69) is 20.6 Å². The summed E-state index contributed by atoms with van der Waals surface area (Å²) < 4.78 is 12.9. The van der Waals surface area contributed by atoms with Gasteiger partial charge in [0.05, 0.1) is 0 Å². The molecule has 0 unspecified atom stereocenters. The molecule has 3 rings (SSSR count). The van der Waals surface area contributed by atoms with Gasteiger partial charge in [-0.3, -0.25) is 4.79 Å². The third-order valence-electron chi connectivity index (χ3n) is 4.02. The quantitative estimate of drug-likeness (QED) is 0.699. The number of aromatic nitrogens is 2. The van der Waals surface area contributed by atoms with Crippen LogP contribution in [0, 0.1) is 19.7 Å². The Morgan fingerprint density at radius 3 is 2.26 bits per heavy atom. The van der Waals surface area contributed by atoms with Crippen molar-refractivity contribution < 1.29 is 9.18 Å². The molecular formula is C21H21FN4O. The fourth-order valence-corrected chi connectivity index (χ4v) is 2.53. The van der Waals surface area contributed by atoms with E-state index in [1.54, 1.807) is 18.2 Å². The van der Waals surface area contributed by atoms with Crippen molar-refractivity contribution in [2.45, 2.75) is 26.9 Å². The van der Waals surface area contributed by atoms with Crippen LogP contribution in [0.4, 0.5) is 10.3 Å². The molecule has 2 N–H and O–H groups in total. The fourth-order valence-electron chi connectivity index (χ4n) is 2.53. The highest BCUT2D eigenvalue weighted by atomic mass is 19.1. The van der Waals surface area contributed by atoms with Crippen LogP contribution in [0.1, 0.15) is 32.9 Å². The summed E-state index contributed by atoms with van der Waals surface area (Å²) in [4.78, 5) is 21.0. The van der Waals surface area contributed by atoms with Crippen LogP contribution in [0.15, 0.2) is 54.6 Å². The number of anilines is 1. The minimum atomic E-state index is -0.305. The van der Waals surface area contributed by atoms with Crippen molar-refractivity contribution in [1.29, 1.82) is 0 Å². The topological polar surface area (TPSA) is 66.9 Å². The van der Waals surface area contributed by atoms with E-state index in [9.17, 15) is 9.18 Å². The monoisotopic (exact) mass is 364 g/mol. The predicted octanol–water partition coefficient (Wildman–Crippen LogP) is 3.77. The van der Waals surface area contributed by atoms with Crippen molar-refractivity contribution in [2.24, 2.45) is 0 Å². The molecular weight excluding hydrogens is 343 g/mol. The third kappa shape index (κ3) is 5.34. The summed E-state index contributed by atoms with van der Waals surface area (Å²) in [6, 6.07) is 15.8. The van der Waals surface area contributed by atoms with Crippen molar-refractivity contribution in [2.75, 3.05) is 5.32 Å². The van der Waals surface area contributed by atoms with Crippen LogP contribution in [-0.4, -0.2) is 15.9 Å². The molecule has 0 spiro atoms. The maximum Gasteiger partial charge on any atom is 0.270 e. The zero-order chi connectivity index (χ0) is 19.2. The first-order chi connectivity index (χ1) is 13.0. The van der Waals surface area contributed by atoms with Crippen molar-refractivity contribution in [1.82, 2.24) is 15.3 Å². The highest BCUT2D eigenvalue weighted by molar-refractivity contribution is 5.92. The highest BCUT2D eigenvalue weighted by Gasteiger charge is 2.10. The lowest BCUT2D eigenvalue weighted by Gasteiger charge is -2.09. The maximum absolute atomic E-state index is 12.9. The van der Waals surface area contributed by atoms with Gasteiger partial charge in [0.1, 0.15) is 11.5 Å². The number of hydrogen-bond donors (Lipinski definition) is 2. The molecule has 0 aliphatic rings. The fraction of sp³-hybridized carbons (Fsp3) is 0.190. The minimum Gasteiger partial charge on any atom is -0.350 e. The molecule has 0 radical (unpaired) electrons. The van der Waals surface area contributed by atoms with Crippen molar-refractivity contribution in [3.05, 3.63) is 88.5 Å². The van der Waals surface area contributed by atoms with Crippen LogP contribution in [0.2, 0.25) is 0 Å². The van der Waals surface area contributed by atoms with Crippen LogP contribution in [-0.2, 0) is 13.1 Å². The van der Waals surface area contributed by atoms with Gasteiger partial charge < -0.3 is 10.6 Å². The van der Waals surface area contributed by atoms with Crippen molar-refractivity contribution >= 4 is 11.9 Å². The Labute approximate surface area is 157 Å². The Morgan fingerprint density at radius 1 is 0.926 bits per heavy atom. The SMILES string of the molecule is Cc1ccc(CNc2nc(C)cc(C(=O)NCc3ccc(F)cc3)n2)cc1. The molecule has 0 bridgehead atoms. The first-order valence-corrected chi connectivity index (χ1v) is 8.67. The number of nitrogens with one attached hydrogen (secondary N) is 2. The number of carbonyl (C=O) groups is 1.